The molecule has 0 atom stereocenters. The van der Waals surface area contributed by atoms with Crippen LogP contribution in [0.25, 0.3) is 0 Å². The van der Waals surface area contributed by atoms with E-state index in [1.54, 1.807) is 19.5 Å². The number of hydrogen-bond donors (Lipinski definition) is 1. The fourth-order valence-electron chi connectivity index (χ4n) is 2.80. The molecule has 1 aliphatic heterocycles. The first-order chi connectivity index (χ1) is 12.7. The first kappa shape index (κ1) is 18.4. The van der Waals surface area contributed by atoms with E-state index < -0.39 is 0 Å². The van der Waals surface area contributed by atoms with E-state index >= 15 is 0 Å². The lowest BCUT2D eigenvalue weighted by Crippen LogP contribution is -2.53. The quantitative estimate of drug-likeness (QED) is 0.564. The molecule has 1 aliphatic rings. The minimum Gasteiger partial charge on any atom is -0.480 e. The number of aromatic nitrogens is 4. The first-order valence-electron chi connectivity index (χ1n) is 8.45. The number of ether oxygens (including phenoxy) is 1. The van der Waals surface area contributed by atoms with Gasteiger partial charge in [0.1, 0.15) is 0 Å². The third-order valence-electron chi connectivity index (χ3n) is 4.15. The second kappa shape index (κ2) is 8.84. The molecule has 0 aliphatic carbocycles. The van der Waals surface area contributed by atoms with Crippen LogP contribution in [0.1, 0.15) is 0 Å². The third-order valence-corrected chi connectivity index (χ3v) is 4.69. The Morgan fingerprint density at radius 1 is 1.35 bits per heavy atom. The minimum absolute atomic E-state index is 0.550. The first-order valence-corrected chi connectivity index (χ1v) is 9.25. The largest absolute Gasteiger partial charge is 0.480 e. The summed E-state index contributed by atoms with van der Waals surface area (Å²) < 4.78 is 7.91. The Kier molecular flexibility index (Phi) is 6.26. The van der Waals surface area contributed by atoms with Gasteiger partial charge in [0.25, 0.3) is 0 Å². The van der Waals surface area contributed by atoms with E-state index in [1.165, 1.54) is 0 Å². The van der Waals surface area contributed by atoms with Crippen molar-refractivity contribution in [1.29, 1.82) is 0 Å². The third kappa shape index (κ3) is 4.43. The number of halogens is 1. The Balaban J connectivity index is 1.51. The van der Waals surface area contributed by atoms with Crippen LogP contribution in [-0.4, -0.2) is 77.5 Å². The topological polar surface area (TPSA) is 83.7 Å². The molecule has 26 heavy (non-hydrogen) atoms. The summed E-state index contributed by atoms with van der Waals surface area (Å²) >= 11 is 3.38. The molecule has 3 rings (SSSR count). The predicted molar refractivity (Wildman–Crippen MR) is 104 cm³/mol. The van der Waals surface area contributed by atoms with Gasteiger partial charge in [0.2, 0.25) is 11.8 Å². The van der Waals surface area contributed by atoms with Gasteiger partial charge < -0.3 is 19.9 Å². The lowest BCUT2D eigenvalue weighted by Gasteiger charge is -2.36. The zero-order chi connectivity index (χ0) is 18.4. The Morgan fingerprint density at radius 3 is 2.81 bits per heavy atom. The molecule has 10 heteroatoms. The molecule has 0 amide bonds. The minimum atomic E-state index is 0.550. The Morgan fingerprint density at radius 2 is 2.15 bits per heavy atom. The standard InChI is InChI=1S/C16H23BrN8O/c1-18-15(19-5-7-25-6-3-4-21-25)23-8-10-24(11-9-23)16-20-12-13(17)14(22-16)26-2/h3-4,6,12H,5,7-11H2,1-2H3,(H,18,19). The second-order valence-electron chi connectivity index (χ2n) is 5.74. The number of aliphatic imine (C=N–C) groups is 1. The van der Waals surface area contributed by atoms with Crippen molar-refractivity contribution in [2.45, 2.75) is 6.54 Å². The van der Waals surface area contributed by atoms with E-state index in [2.05, 4.69) is 51.1 Å². The molecule has 2 aromatic heterocycles. The van der Waals surface area contributed by atoms with E-state index in [-0.39, 0.29) is 0 Å². The highest BCUT2D eigenvalue weighted by Crippen LogP contribution is 2.23. The average molecular weight is 423 g/mol. The zero-order valence-corrected chi connectivity index (χ0v) is 16.6. The maximum absolute atomic E-state index is 5.26. The number of piperazine rings is 1. The lowest BCUT2D eigenvalue weighted by atomic mass is 10.3. The predicted octanol–water partition coefficient (Wildman–Crippen LogP) is 0.842. The van der Waals surface area contributed by atoms with Crippen LogP contribution in [0.15, 0.2) is 34.1 Å². The van der Waals surface area contributed by atoms with Gasteiger partial charge in [0.05, 0.1) is 24.3 Å². The van der Waals surface area contributed by atoms with Gasteiger partial charge in [-0.15, -0.1) is 0 Å². The highest BCUT2D eigenvalue weighted by molar-refractivity contribution is 9.10. The average Bonchev–Trinajstić information content (AvgIpc) is 3.19. The number of rotatable bonds is 5. The molecule has 0 radical (unpaired) electrons. The number of hydrogen-bond acceptors (Lipinski definition) is 6. The molecule has 0 spiro atoms. The van der Waals surface area contributed by atoms with Gasteiger partial charge in [-0.05, 0) is 22.0 Å². The lowest BCUT2D eigenvalue weighted by molar-refractivity contribution is 0.365. The van der Waals surface area contributed by atoms with Gasteiger partial charge in [-0.25, -0.2) is 4.98 Å². The molecule has 140 valence electrons. The fourth-order valence-corrected chi connectivity index (χ4v) is 3.16. The summed E-state index contributed by atoms with van der Waals surface area (Å²) in [7, 11) is 3.42. The Labute approximate surface area is 161 Å². The highest BCUT2D eigenvalue weighted by atomic mass is 79.9. The Hall–Kier alpha value is -2.36. The van der Waals surface area contributed by atoms with Gasteiger partial charge >= 0.3 is 0 Å². The number of anilines is 1. The molecule has 0 saturated carbocycles. The summed E-state index contributed by atoms with van der Waals surface area (Å²) in [6.45, 7) is 4.93. The molecule has 3 heterocycles. The van der Waals surface area contributed by atoms with Crippen molar-refractivity contribution in [2.24, 2.45) is 4.99 Å². The van der Waals surface area contributed by atoms with Crippen molar-refractivity contribution < 1.29 is 4.74 Å². The van der Waals surface area contributed by atoms with Crippen LogP contribution >= 0.6 is 15.9 Å². The summed E-state index contributed by atoms with van der Waals surface area (Å²) in [6, 6.07) is 1.92. The molecule has 1 fully saturated rings. The molecular formula is C16H23BrN8O. The summed E-state index contributed by atoms with van der Waals surface area (Å²) in [5.74, 6) is 2.14. The van der Waals surface area contributed by atoms with Crippen LogP contribution < -0.4 is 15.0 Å². The molecule has 2 aromatic rings. The van der Waals surface area contributed by atoms with E-state index in [4.69, 9.17) is 4.74 Å². The molecule has 9 nitrogen and oxygen atoms in total. The van der Waals surface area contributed by atoms with Crippen molar-refractivity contribution in [3.8, 4) is 5.88 Å². The second-order valence-corrected chi connectivity index (χ2v) is 6.60. The fraction of sp³-hybridized carbons (Fsp3) is 0.500. The van der Waals surface area contributed by atoms with Crippen LogP contribution in [0.3, 0.4) is 0 Å². The Bertz CT molecular complexity index is 728. The van der Waals surface area contributed by atoms with Crippen LogP contribution in [0, 0.1) is 0 Å². The number of guanidine groups is 1. The van der Waals surface area contributed by atoms with Crippen LogP contribution in [0.5, 0.6) is 5.88 Å². The monoisotopic (exact) mass is 422 g/mol. The normalized spacial score (nSPS) is 15.3. The van der Waals surface area contributed by atoms with Crippen molar-refractivity contribution in [3.63, 3.8) is 0 Å². The van der Waals surface area contributed by atoms with E-state index in [1.807, 2.05) is 24.0 Å². The number of nitrogens with one attached hydrogen (secondary N) is 1. The molecule has 0 bridgehead atoms. The maximum Gasteiger partial charge on any atom is 0.232 e. The van der Waals surface area contributed by atoms with Crippen molar-refractivity contribution >= 4 is 27.8 Å². The zero-order valence-electron chi connectivity index (χ0n) is 15.0. The van der Waals surface area contributed by atoms with Gasteiger partial charge in [-0.3, -0.25) is 9.67 Å². The van der Waals surface area contributed by atoms with Gasteiger partial charge in [0.15, 0.2) is 5.96 Å². The summed E-state index contributed by atoms with van der Waals surface area (Å²) in [5.41, 5.74) is 0. The van der Waals surface area contributed by atoms with Gasteiger partial charge in [-0.2, -0.15) is 10.1 Å². The SMILES string of the molecule is CN=C(NCCn1cccn1)N1CCN(c2ncc(Br)c(OC)n2)CC1. The molecule has 0 aromatic carbocycles. The molecule has 1 saturated heterocycles. The number of nitrogens with zero attached hydrogens (tertiary/aromatic N) is 7. The van der Waals surface area contributed by atoms with Crippen molar-refractivity contribution in [1.82, 2.24) is 30.0 Å². The van der Waals surface area contributed by atoms with Crippen LogP contribution in [-0.2, 0) is 6.54 Å². The summed E-state index contributed by atoms with van der Waals surface area (Å²) in [5, 5.41) is 7.60. The smallest absolute Gasteiger partial charge is 0.232 e. The van der Waals surface area contributed by atoms with Crippen LogP contribution in [0.4, 0.5) is 5.95 Å². The van der Waals surface area contributed by atoms with E-state index in [9.17, 15) is 0 Å². The molecule has 1 N–H and O–H groups in total. The highest BCUT2D eigenvalue weighted by Gasteiger charge is 2.22. The van der Waals surface area contributed by atoms with Crippen LogP contribution in [0.2, 0.25) is 0 Å². The van der Waals surface area contributed by atoms with Gasteiger partial charge in [0, 0.05) is 52.2 Å². The molecule has 0 unspecified atom stereocenters. The van der Waals surface area contributed by atoms with Crippen molar-refractivity contribution in [3.05, 3.63) is 29.1 Å². The number of methoxy groups -OCH3 is 1. The van der Waals surface area contributed by atoms with Gasteiger partial charge in [-0.1, -0.05) is 0 Å². The van der Waals surface area contributed by atoms with Crippen molar-refractivity contribution in [2.75, 3.05) is 51.8 Å². The summed E-state index contributed by atoms with van der Waals surface area (Å²) in [4.78, 5) is 17.6. The van der Waals surface area contributed by atoms with E-state index in [0.29, 0.717) is 11.8 Å². The van der Waals surface area contributed by atoms with E-state index in [0.717, 1.165) is 49.7 Å². The molecular weight excluding hydrogens is 400 g/mol. The maximum atomic E-state index is 5.26. The summed E-state index contributed by atoms with van der Waals surface area (Å²) in [6.07, 6.45) is 5.46.